The standard InChI is InChI=1S/C13H10ClN3O3/c14-8-5-6-9(10(15)7-8)13(18)16-11-3-1-2-4-12(11)17(19)20/h1-7H,15H2,(H,16,18). The minimum Gasteiger partial charge on any atom is -0.398 e. The van der Waals surface area contributed by atoms with Gasteiger partial charge in [0.2, 0.25) is 0 Å². The third kappa shape index (κ3) is 2.86. The van der Waals surface area contributed by atoms with Crippen molar-refractivity contribution < 1.29 is 9.72 Å². The number of rotatable bonds is 3. The zero-order chi connectivity index (χ0) is 14.7. The Labute approximate surface area is 119 Å². The van der Waals surface area contributed by atoms with Gasteiger partial charge in [0, 0.05) is 16.8 Å². The highest BCUT2D eigenvalue weighted by atomic mass is 35.5. The zero-order valence-corrected chi connectivity index (χ0v) is 10.9. The molecule has 0 radical (unpaired) electrons. The van der Waals surface area contributed by atoms with Gasteiger partial charge in [0.25, 0.3) is 11.6 Å². The van der Waals surface area contributed by atoms with Gasteiger partial charge in [-0.25, -0.2) is 0 Å². The number of nitrogens with zero attached hydrogens (tertiary/aromatic N) is 1. The number of nitro benzene ring substituents is 1. The Kier molecular flexibility index (Phi) is 3.86. The summed E-state index contributed by atoms with van der Waals surface area (Å²) in [7, 11) is 0. The lowest BCUT2D eigenvalue weighted by molar-refractivity contribution is -0.383. The van der Waals surface area contributed by atoms with E-state index < -0.39 is 10.8 Å². The first-order valence-corrected chi connectivity index (χ1v) is 5.96. The molecule has 0 heterocycles. The minimum absolute atomic E-state index is 0.108. The summed E-state index contributed by atoms with van der Waals surface area (Å²) in [6.07, 6.45) is 0. The topological polar surface area (TPSA) is 98.3 Å². The maximum Gasteiger partial charge on any atom is 0.292 e. The lowest BCUT2D eigenvalue weighted by atomic mass is 10.1. The van der Waals surface area contributed by atoms with Crippen molar-refractivity contribution in [1.29, 1.82) is 0 Å². The van der Waals surface area contributed by atoms with Crippen LogP contribution < -0.4 is 11.1 Å². The number of nitrogen functional groups attached to an aromatic ring is 1. The van der Waals surface area contributed by atoms with Gasteiger partial charge in [0.1, 0.15) is 5.69 Å². The van der Waals surface area contributed by atoms with E-state index in [2.05, 4.69) is 5.32 Å². The van der Waals surface area contributed by atoms with E-state index in [-0.39, 0.29) is 22.6 Å². The quantitative estimate of drug-likeness (QED) is 0.516. The van der Waals surface area contributed by atoms with E-state index in [9.17, 15) is 14.9 Å². The number of hydrogen-bond acceptors (Lipinski definition) is 4. The first-order valence-electron chi connectivity index (χ1n) is 5.59. The maximum absolute atomic E-state index is 12.1. The molecule has 0 spiro atoms. The number of nitrogens with two attached hydrogens (primary N) is 1. The van der Waals surface area contributed by atoms with Crippen LogP contribution in [0.4, 0.5) is 17.1 Å². The number of carbonyl (C=O) groups excluding carboxylic acids is 1. The molecule has 0 fully saturated rings. The first-order chi connectivity index (χ1) is 9.49. The minimum atomic E-state index is -0.569. The van der Waals surface area contributed by atoms with Gasteiger partial charge in [-0.1, -0.05) is 23.7 Å². The summed E-state index contributed by atoms with van der Waals surface area (Å²) in [6.45, 7) is 0. The molecule has 0 aliphatic heterocycles. The second-order valence-corrected chi connectivity index (χ2v) is 4.40. The number of nitro groups is 1. The number of para-hydroxylation sites is 2. The summed E-state index contributed by atoms with van der Waals surface area (Å²) >= 11 is 5.75. The molecule has 2 rings (SSSR count). The Balaban J connectivity index is 2.30. The second kappa shape index (κ2) is 5.58. The zero-order valence-electron chi connectivity index (χ0n) is 10.2. The molecule has 20 heavy (non-hydrogen) atoms. The highest BCUT2D eigenvalue weighted by molar-refractivity contribution is 6.31. The van der Waals surface area contributed by atoms with Crippen LogP contribution in [0.1, 0.15) is 10.4 Å². The molecule has 3 N–H and O–H groups in total. The van der Waals surface area contributed by atoms with Gasteiger partial charge < -0.3 is 11.1 Å². The molecule has 0 unspecified atom stereocenters. The Hall–Kier alpha value is -2.60. The summed E-state index contributed by atoms with van der Waals surface area (Å²) in [5.74, 6) is -0.534. The number of carbonyl (C=O) groups is 1. The molecular weight excluding hydrogens is 282 g/mol. The van der Waals surface area contributed by atoms with Gasteiger partial charge in [0.15, 0.2) is 0 Å². The molecule has 2 aromatic rings. The third-order valence-electron chi connectivity index (χ3n) is 2.61. The highest BCUT2D eigenvalue weighted by Gasteiger charge is 2.17. The highest BCUT2D eigenvalue weighted by Crippen LogP contribution is 2.25. The van der Waals surface area contributed by atoms with E-state index in [0.717, 1.165) is 0 Å². The van der Waals surface area contributed by atoms with Crippen molar-refractivity contribution in [1.82, 2.24) is 0 Å². The number of halogens is 1. The van der Waals surface area contributed by atoms with Crippen LogP contribution in [0.5, 0.6) is 0 Å². The van der Waals surface area contributed by atoms with Crippen molar-refractivity contribution in [3.63, 3.8) is 0 Å². The predicted octanol–water partition coefficient (Wildman–Crippen LogP) is 3.08. The number of anilines is 2. The lowest BCUT2D eigenvalue weighted by Crippen LogP contribution is -2.14. The number of nitrogens with one attached hydrogen (secondary N) is 1. The van der Waals surface area contributed by atoms with Crippen molar-refractivity contribution in [3.8, 4) is 0 Å². The van der Waals surface area contributed by atoms with Crippen molar-refractivity contribution in [2.45, 2.75) is 0 Å². The van der Waals surface area contributed by atoms with E-state index in [1.807, 2.05) is 0 Å². The van der Waals surface area contributed by atoms with Crippen LogP contribution in [0.15, 0.2) is 42.5 Å². The summed E-state index contributed by atoms with van der Waals surface area (Å²) < 4.78 is 0. The van der Waals surface area contributed by atoms with Crippen LogP contribution in [0, 0.1) is 10.1 Å². The molecule has 2 aromatic carbocycles. The number of hydrogen-bond donors (Lipinski definition) is 2. The molecule has 0 saturated heterocycles. The van der Waals surface area contributed by atoms with Gasteiger partial charge >= 0.3 is 0 Å². The smallest absolute Gasteiger partial charge is 0.292 e. The van der Waals surface area contributed by atoms with Gasteiger partial charge in [0.05, 0.1) is 10.5 Å². The molecular formula is C13H10ClN3O3. The molecule has 0 atom stereocenters. The Morgan fingerprint density at radius 2 is 1.95 bits per heavy atom. The fourth-order valence-electron chi connectivity index (χ4n) is 1.67. The van der Waals surface area contributed by atoms with Gasteiger partial charge in [-0.05, 0) is 24.3 Å². The summed E-state index contributed by atoms with van der Waals surface area (Å²) in [5, 5.41) is 13.7. The van der Waals surface area contributed by atoms with Crippen LogP contribution in [0.3, 0.4) is 0 Å². The van der Waals surface area contributed by atoms with Crippen LogP contribution in [-0.2, 0) is 0 Å². The SMILES string of the molecule is Nc1cc(Cl)ccc1C(=O)Nc1ccccc1[N+](=O)[O-]. The van der Waals surface area contributed by atoms with Crippen LogP contribution in [0.2, 0.25) is 5.02 Å². The Bertz CT molecular complexity index is 688. The molecule has 0 aromatic heterocycles. The van der Waals surface area contributed by atoms with Gasteiger partial charge in [-0.3, -0.25) is 14.9 Å². The van der Waals surface area contributed by atoms with Crippen LogP contribution in [0.25, 0.3) is 0 Å². The first kappa shape index (κ1) is 13.8. The molecule has 0 saturated carbocycles. The molecule has 0 aliphatic rings. The van der Waals surface area contributed by atoms with E-state index >= 15 is 0 Å². The van der Waals surface area contributed by atoms with Crippen LogP contribution >= 0.6 is 11.6 Å². The Morgan fingerprint density at radius 3 is 2.60 bits per heavy atom. The summed E-state index contributed by atoms with van der Waals surface area (Å²) in [6, 6.07) is 10.3. The van der Waals surface area contributed by atoms with Gasteiger partial charge in [-0.2, -0.15) is 0 Å². The average Bonchev–Trinajstić information content (AvgIpc) is 2.38. The van der Waals surface area contributed by atoms with Crippen molar-refractivity contribution in [2.24, 2.45) is 0 Å². The summed E-state index contributed by atoms with van der Waals surface area (Å²) in [5.41, 5.74) is 6.02. The van der Waals surface area contributed by atoms with Crippen molar-refractivity contribution in [3.05, 3.63) is 63.2 Å². The predicted molar refractivity (Wildman–Crippen MR) is 76.9 cm³/mol. The molecule has 7 heteroatoms. The molecule has 1 amide bonds. The third-order valence-corrected chi connectivity index (χ3v) is 2.84. The Morgan fingerprint density at radius 1 is 1.25 bits per heavy atom. The van der Waals surface area contributed by atoms with E-state index in [0.29, 0.717) is 5.02 Å². The van der Waals surface area contributed by atoms with Crippen molar-refractivity contribution >= 4 is 34.6 Å². The van der Waals surface area contributed by atoms with E-state index in [1.165, 1.54) is 36.4 Å². The number of benzene rings is 2. The lowest BCUT2D eigenvalue weighted by Gasteiger charge is -2.08. The van der Waals surface area contributed by atoms with E-state index in [4.69, 9.17) is 17.3 Å². The molecule has 0 bridgehead atoms. The molecule has 102 valence electrons. The second-order valence-electron chi connectivity index (χ2n) is 3.96. The van der Waals surface area contributed by atoms with Crippen molar-refractivity contribution in [2.75, 3.05) is 11.1 Å². The molecule has 0 aliphatic carbocycles. The van der Waals surface area contributed by atoms with Gasteiger partial charge in [-0.15, -0.1) is 0 Å². The fourth-order valence-corrected chi connectivity index (χ4v) is 1.85. The monoisotopic (exact) mass is 291 g/mol. The summed E-state index contributed by atoms with van der Waals surface area (Å²) in [4.78, 5) is 22.4. The largest absolute Gasteiger partial charge is 0.398 e. The van der Waals surface area contributed by atoms with E-state index in [1.54, 1.807) is 6.07 Å². The van der Waals surface area contributed by atoms with Crippen LogP contribution in [-0.4, -0.2) is 10.8 Å². The fraction of sp³-hybridized carbons (Fsp3) is 0. The molecule has 6 nitrogen and oxygen atoms in total. The number of amides is 1. The average molecular weight is 292 g/mol. The normalized spacial score (nSPS) is 10.1. The maximum atomic E-state index is 12.1.